The first kappa shape index (κ1) is 22.7. The second-order valence-corrected chi connectivity index (χ2v) is 8.24. The molecule has 2 saturated heterocycles. The first-order chi connectivity index (χ1) is 17.2. The van der Waals surface area contributed by atoms with Crippen LogP contribution in [-0.2, 0) is 4.74 Å². The summed E-state index contributed by atoms with van der Waals surface area (Å²) in [5.74, 6) is -0.867. The summed E-state index contributed by atoms with van der Waals surface area (Å²) in [7, 11) is 0. The monoisotopic (exact) mass is 479 g/mol. The van der Waals surface area contributed by atoms with Gasteiger partial charge in [0.05, 0.1) is 18.3 Å². The molecule has 3 aromatic heterocycles. The van der Waals surface area contributed by atoms with Crippen molar-refractivity contribution in [2.45, 2.75) is 31.4 Å². The number of nitrogens with one attached hydrogen (secondary N) is 2. The maximum absolute atomic E-state index is 12.8. The van der Waals surface area contributed by atoms with Crippen LogP contribution < -0.4 is 20.3 Å². The maximum atomic E-state index is 12.8. The fourth-order valence-electron chi connectivity index (χ4n) is 3.95. The Balaban J connectivity index is 1.18. The van der Waals surface area contributed by atoms with Crippen LogP contribution in [0.2, 0.25) is 0 Å². The molecule has 3 aromatic rings. The molecule has 0 spiro atoms. The molecule has 35 heavy (non-hydrogen) atoms. The third kappa shape index (κ3) is 5.54. The number of carbonyl (C=O) groups is 2. The molecule has 2 N–H and O–H groups in total. The van der Waals surface area contributed by atoms with Gasteiger partial charge in [0.1, 0.15) is 12.4 Å². The second-order valence-electron chi connectivity index (χ2n) is 8.24. The Kier molecular flexibility index (Phi) is 6.80. The summed E-state index contributed by atoms with van der Waals surface area (Å²) in [6, 6.07) is 5.65. The highest BCUT2D eigenvalue weighted by Gasteiger charge is 2.26. The largest absolute Gasteiger partial charge is 0.460 e. The minimum Gasteiger partial charge on any atom is -0.460 e. The Morgan fingerprint density at radius 1 is 1.03 bits per heavy atom. The third-order valence-corrected chi connectivity index (χ3v) is 5.79. The fraction of sp³-hybridized carbons (Fsp3) is 0.391. The van der Waals surface area contributed by atoms with Gasteiger partial charge in [-0.05, 0) is 24.6 Å². The van der Waals surface area contributed by atoms with Gasteiger partial charge in [0.25, 0.3) is 17.8 Å². The van der Waals surface area contributed by atoms with Crippen LogP contribution in [0.1, 0.15) is 40.2 Å². The van der Waals surface area contributed by atoms with E-state index >= 15 is 0 Å². The van der Waals surface area contributed by atoms with Crippen LogP contribution in [0.4, 0.5) is 11.7 Å². The lowest BCUT2D eigenvalue weighted by Crippen LogP contribution is -2.38. The highest BCUT2D eigenvalue weighted by Crippen LogP contribution is 2.22. The zero-order valence-electron chi connectivity index (χ0n) is 18.9. The molecule has 12 nitrogen and oxygen atoms in total. The molecule has 2 amide bonds. The molecule has 0 bridgehead atoms. The number of anilines is 2. The highest BCUT2D eigenvalue weighted by molar-refractivity contribution is 6.07. The topological polar surface area (TPSA) is 145 Å². The van der Waals surface area contributed by atoms with Crippen LogP contribution in [0.3, 0.4) is 0 Å². The zero-order chi connectivity index (χ0) is 24.0. The molecule has 0 aliphatic carbocycles. The lowest BCUT2D eigenvalue weighted by atomic mass is 10.1. The molecule has 5 heterocycles. The number of ether oxygens (including phenoxy) is 2. The number of nitrogens with zero attached hydrogens (tertiary/aromatic N) is 5. The summed E-state index contributed by atoms with van der Waals surface area (Å²) in [4.78, 5) is 44.1. The SMILES string of the molecule is O=C(Nc1cccnc1C(=O)N[C@@H]1CCOC1)c1coc(N2CCC(Oc3ncccn3)CC2)n1. The maximum Gasteiger partial charge on any atom is 0.316 e. The highest BCUT2D eigenvalue weighted by atomic mass is 16.5. The second kappa shape index (κ2) is 10.5. The summed E-state index contributed by atoms with van der Waals surface area (Å²) in [5.41, 5.74) is 0.524. The van der Waals surface area contributed by atoms with Crippen molar-refractivity contribution in [2.24, 2.45) is 0 Å². The van der Waals surface area contributed by atoms with Gasteiger partial charge < -0.3 is 29.4 Å². The van der Waals surface area contributed by atoms with E-state index in [4.69, 9.17) is 13.9 Å². The number of aromatic nitrogens is 4. The van der Waals surface area contributed by atoms with Crippen molar-refractivity contribution in [2.75, 3.05) is 36.5 Å². The van der Waals surface area contributed by atoms with E-state index < -0.39 is 5.91 Å². The summed E-state index contributed by atoms with van der Waals surface area (Å²) in [6.07, 6.45) is 8.30. The summed E-state index contributed by atoms with van der Waals surface area (Å²) in [5, 5.41) is 5.59. The average Bonchev–Trinajstić information content (AvgIpc) is 3.58. The van der Waals surface area contributed by atoms with Gasteiger partial charge in [-0.3, -0.25) is 9.59 Å². The van der Waals surface area contributed by atoms with E-state index in [2.05, 4.69) is 30.6 Å². The smallest absolute Gasteiger partial charge is 0.316 e. The van der Waals surface area contributed by atoms with E-state index in [0.29, 0.717) is 44.0 Å². The summed E-state index contributed by atoms with van der Waals surface area (Å²) < 4.78 is 16.7. The number of carbonyl (C=O) groups excluding carboxylic acids is 2. The van der Waals surface area contributed by atoms with Crippen molar-refractivity contribution in [3.8, 4) is 6.01 Å². The van der Waals surface area contributed by atoms with Crippen molar-refractivity contribution < 1.29 is 23.5 Å². The van der Waals surface area contributed by atoms with Crippen LogP contribution in [0.5, 0.6) is 6.01 Å². The van der Waals surface area contributed by atoms with Crippen LogP contribution in [0.15, 0.2) is 47.5 Å². The van der Waals surface area contributed by atoms with E-state index in [1.807, 2.05) is 4.90 Å². The normalized spacial score (nSPS) is 18.3. The Morgan fingerprint density at radius 2 is 1.83 bits per heavy atom. The third-order valence-electron chi connectivity index (χ3n) is 5.79. The molecule has 182 valence electrons. The molecule has 0 radical (unpaired) electrons. The van der Waals surface area contributed by atoms with Crippen molar-refractivity contribution >= 4 is 23.5 Å². The van der Waals surface area contributed by atoms with Crippen LogP contribution in [-0.4, -0.2) is 70.2 Å². The molecular formula is C23H25N7O5. The van der Waals surface area contributed by atoms with Crippen molar-refractivity contribution in [3.63, 3.8) is 0 Å². The lowest BCUT2D eigenvalue weighted by molar-refractivity contribution is 0.0926. The zero-order valence-corrected chi connectivity index (χ0v) is 18.9. The number of rotatable bonds is 7. The van der Waals surface area contributed by atoms with Crippen molar-refractivity contribution in [3.05, 3.63) is 54.4 Å². The van der Waals surface area contributed by atoms with Crippen LogP contribution in [0.25, 0.3) is 0 Å². The van der Waals surface area contributed by atoms with Gasteiger partial charge in [-0.15, -0.1) is 0 Å². The number of amides is 2. The molecule has 0 unspecified atom stereocenters. The quantitative estimate of drug-likeness (QED) is 0.513. The molecule has 0 saturated carbocycles. The lowest BCUT2D eigenvalue weighted by Gasteiger charge is -2.30. The Morgan fingerprint density at radius 3 is 2.60 bits per heavy atom. The van der Waals surface area contributed by atoms with Crippen molar-refractivity contribution in [1.82, 2.24) is 25.3 Å². The number of hydrogen-bond acceptors (Lipinski definition) is 10. The first-order valence-electron chi connectivity index (χ1n) is 11.4. The average molecular weight is 479 g/mol. The van der Waals surface area contributed by atoms with E-state index in [-0.39, 0.29) is 29.4 Å². The molecule has 1 atom stereocenters. The van der Waals surface area contributed by atoms with Crippen LogP contribution in [0, 0.1) is 0 Å². The molecule has 12 heteroatoms. The van der Waals surface area contributed by atoms with Gasteiger partial charge in [0.2, 0.25) is 0 Å². The number of piperidine rings is 1. The van der Waals surface area contributed by atoms with Gasteiger partial charge >= 0.3 is 6.01 Å². The van der Waals surface area contributed by atoms with E-state index in [1.165, 1.54) is 12.5 Å². The predicted octanol–water partition coefficient (Wildman–Crippen LogP) is 1.68. The van der Waals surface area contributed by atoms with Gasteiger partial charge in [0.15, 0.2) is 11.4 Å². The summed E-state index contributed by atoms with van der Waals surface area (Å²) >= 11 is 0. The molecule has 2 aliphatic heterocycles. The molecule has 2 aliphatic rings. The minimum absolute atomic E-state index is 0.00248. The molecular weight excluding hydrogens is 454 g/mol. The molecule has 2 fully saturated rings. The standard InChI is InChI=1S/C23H25N7O5/c31-20(28-17-3-1-7-24-19(17)21(32)27-15-6-12-33-13-15)18-14-34-23(29-18)30-10-4-16(5-11-30)35-22-25-8-2-9-26-22/h1-3,7-9,14-16H,4-6,10-13H2,(H,27,32)(H,28,31)/t15-/m1/s1. The first-order valence-corrected chi connectivity index (χ1v) is 11.4. The van der Waals surface area contributed by atoms with Gasteiger partial charge in [-0.1, -0.05) is 0 Å². The van der Waals surface area contributed by atoms with E-state index in [9.17, 15) is 9.59 Å². The van der Waals surface area contributed by atoms with E-state index in [0.717, 1.165) is 19.3 Å². The van der Waals surface area contributed by atoms with Gasteiger partial charge in [-0.25, -0.2) is 15.0 Å². The summed E-state index contributed by atoms with van der Waals surface area (Å²) in [6.45, 7) is 2.37. The number of pyridine rings is 1. The number of oxazole rings is 1. The predicted molar refractivity (Wildman–Crippen MR) is 123 cm³/mol. The Labute approximate surface area is 201 Å². The Bertz CT molecular complexity index is 1160. The van der Waals surface area contributed by atoms with Crippen LogP contribution >= 0.6 is 0 Å². The van der Waals surface area contributed by atoms with Gasteiger partial charge in [0, 0.05) is 51.1 Å². The van der Waals surface area contributed by atoms with Gasteiger partial charge in [-0.2, -0.15) is 4.98 Å². The Hall–Kier alpha value is -4.06. The van der Waals surface area contributed by atoms with Crippen molar-refractivity contribution in [1.29, 1.82) is 0 Å². The number of hydrogen-bond donors (Lipinski definition) is 2. The van der Waals surface area contributed by atoms with E-state index in [1.54, 1.807) is 30.6 Å². The minimum atomic E-state index is -0.495. The molecule has 5 rings (SSSR count). The molecule has 0 aromatic carbocycles. The fourth-order valence-corrected chi connectivity index (χ4v) is 3.95.